The largest absolute Gasteiger partial charge is 0.339 e. The second-order valence-corrected chi connectivity index (χ2v) is 11.3. The highest BCUT2D eigenvalue weighted by Gasteiger charge is 2.21. The Morgan fingerprint density at radius 3 is 2.47 bits per heavy atom. The Morgan fingerprint density at radius 1 is 1.13 bits per heavy atom. The van der Waals surface area contributed by atoms with E-state index in [1.807, 2.05) is 27.6 Å². The smallest absolute Gasteiger partial charge is 0.255 e. The van der Waals surface area contributed by atoms with E-state index >= 15 is 0 Å². The third-order valence-electron chi connectivity index (χ3n) is 7.34. The number of H-pyrrole nitrogens is 1. The molecule has 0 spiro atoms. The molecule has 7 heteroatoms. The number of pyridine rings is 2. The monoisotopic (exact) mass is 515 g/mol. The first-order valence-electron chi connectivity index (χ1n) is 14.0. The van der Waals surface area contributed by atoms with Crippen molar-refractivity contribution in [3.05, 3.63) is 58.3 Å². The van der Waals surface area contributed by atoms with Crippen molar-refractivity contribution in [1.29, 1.82) is 0 Å². The van der Waals surface area contributed by atoms with E-state index in [1.165, 1.54) is 18.9 Å². The van der Waals surface area contributed by atoms with Gasteiger partial charge in [0.15, 0.2) is 0 Å². The molecule has 1 unspecified atom stereocenters. The summed E-state index contributed by atoms with van der Waals surface area (Å²) in [5.74, 6) is 7.82. The van der Waals surface area contributed by atoms with Gasteiger partial charge in [-0.1, -0.05) is 33.6 Å². The minimum absolute atomic E-state index is 0.0392. The molecule has 0 bridgehead atoms. The number of rotatable bonds is 9. The van der Waals surface area contributed by atoms with Gasteiger partial charge in [0.25, 0.3) is 5.91 Å². The van der Waals surface area contributed by atoms with Crippen LogP contribution in [0, 0.1) is 23.7 Å². The van der Waals surface area contributed by atoms with E-state index in [1.54, 1.807) is 12.3 Å². The van der Waals surface area contributed by atoms with E-state index in [0.717, 1.165) is 49.4 Å². The maximum absolute atomic E-state index is 13.7. The third kappa shape index (κ3) is 6.73. The van der Waals surface area contributed by atoms with Gasteiger partial charge in [-0.05, 0) is 75.1 Å². The number of aromatic nitrogens is 3. The zero-order valence-corrected chi connectivity index (χ0v) is 23.5. The van der Waals surface area contributed by atoms with Gasteiger partial charge >= 0.3 is 0 Å². The first-order valence-corrected chi connectivity index (χ1v) is 14.0. The molecule has 1 amide bonds. The lowest BCUT2D eigenvalue weighted by Gasteiger charge is -2.24. The number of likely N-dealkylation sites (tertiary alicyclic amines) is 1. The maximum Gasteiger partial charge on any atom is 0.255 e. The number of hydrogen-bond donors (Lipinski definition) is 1. The van der Waals surface area contributed by atoms with Crippen LogP contribution in [0.5, 0.6) is 0 Å². The van der Waals surface area contributed by atoms with E-state index in [-0.39, 0.29) is 11.5 Å². The summed E-state index contributed by atoms with van der Waals surface area (Å²) in [6.45, 7) is 14.3. The molecule has 1 aliphatic rings. The molecule has 1 aliphatic heterocycles. The van der Waals surface area contributed by atoms with Crippen molar-refractivity contribution in [2.24, 2.45) is 11.8 Å². The molecule has 202 valence electrons. The average Bonchev–Trinajstić information content (AvgIpc) is 3.46. The fraction of sp³-hybridized carbons (Fsp3) is 0.516. The van der Waals surface area contributed by atoms with Crippen molar-refractivity contribution in [2.45, 2.75) is 66.3 Å². The van der Waals surface area contributed by atoms with Crippen LogP contribution in [0.4, 0.5) is 0 Å². The van der Waals surface area contributed by atoms with Crippen LogP contribution in [-0.2, 0) is 0 Å². The standard InChI is InChI=1S/C31H41N5O2/c1-22(2)14-18-35(19-15-23(3)4)31(38)26-10-12-28-33-30(25-11-13-29(37)32-20-25)27(36(28)21-26)9-7-17-34-16-6-8-24(34)5/h10-13,20-24H,6,8,14-19H2,1-5H3,(H,32,37). The minimum atomic E-state index is -0.163. The van der Waals surface area contributed by atoms with Gasteiger partial charge in [0.2, 0.25) is 5.56 Å². The summed E-state index contributed by atoms with van der Waals surface area (Å²) in [6.07, 6.45) is 7.90. The van der Waals surface area contributed by atoms with Crippen LogP contribution < -0.4 is 5.56 Å². The van der Waals surface area contributed by atoms with E-state index in [4.69, 9.17) is 4.98 Å². The first kappa shape index (κ1) is 27.7. The van der Waals surface area contributed by atoms with Crippen molar-refractivity contribution in [2.75, 3.05) is 26.2 Å². The molecule has 1 atom stereocenters. The number of nitrogens with zero attached hydrogens (tertiary/aromatic N) is 4. The predicted octanol–water partition coefficient (Wildman–Crippen LogP) is 5.06. The summed E-state index contributed by atoms with van der Waals surface area (Å²) >= 11 is 0. The van der Waals surface area contributed by atoms with Crippen molar-refractivity contribution < 1.29 is 4.79 Å². The second-order valence-electron chi connectivity index (χ2n) is 11.3. The van der Waals surface area contributed by atoms with Crippen LogP contribution in [0.2, 0.25) is 0 Å². The van der Waals surface area contributed by atoms with Gasteiger partial charge in [-0.3, -0.25) is 18.9 Å². The lowest BCUT2D eigenvalue weighted by molar-refractivity contribution is 0.0740. The predicted molar refractivity (Wildman–Crippen MR) is 153 cm³/mol. The molecule has 4 heterocycles. The molecule has 3 aromatic heterocycles. The summed E-state index contributed by atoms with van der Waals surface area (Å²) in [7, 11) is 0. The second kappa shape index (κ2) is 12.4. The molecule has 0 radical (unpaired) electrons. The van der Waals surface area contributed by atoms with E-state index in [2.05, 4.69) is 56.3 Å². The topological polar surface area (TPSA) is 73.7 Å². The number of nitrogens with one attached hydrogen (secondary N) is 1. The Kier molecular flexibility index (Phi) is 9.06. The molecule has 0 saturated carbocycles. The van der Waals surface area contributed by atoms with Gasteiger partial charge in [0, 0.05) is 43.2 Å². The summed E-state index contributed by atoms with van der Waals surface area (Å²) in [5, 5.41) is 0. The van der Waals surface area contributed by atoms with Crippen LogP contribution in [0.3, 0.4) is 0 Å². The molecule has 4 rings (SSSR count). The summed E-state index contributed by atoms with van der Waals surface area (Å²) in [5.41, 5.74) is 3.40. The third-order valence-corrected chi connectivity index (χ3v) is 7.34. The summed E-state index contributed by atoms with van der Waals surface area (Å²) in [6, 6.07) is 7.55. The molecule has 0 aromatic carbocycles. The van der Waals surface area contributed by atoms with Crippen molar-refractivity contribution in [1.82, 2.24) is 24.2 Å². The Morgan fingerprint density at radius 2 is 1.87 bits per heavy atom. The van der Waals surface area contributed by atoms with Crippen LogP contribution in [0.15, 0.2) is 41.5 Å². The minimum Gasteiger partial charge on any atom is -0.339 e. The van der Waals surface area contributed by atoms with Gasteiger partial charge in [-0.25, -0.2) is 4.98 Å². The van der Waals surface area contributed by atoms with Gasteiger partial charge in [0.1, 0.15) is 17.0 Å². The molecular formula is C31H41N5O2. The highest BCUT2D eigenvalue weighted by molar-refractivity contribution is 5.94. The SMILES string of the molecule is CC(C)CCN(CCC(C)C)C(=O)c1ccc2nc(-c3ccc(=O)[nH]c3)c(C#CCN3CCCC3C)n2c1. The maximum atomic E-state index is 13.7. The fourth-order valence-electron chi connectivity index (χ4n) is 4.83. The number of amides is 1. The molecule has 7 nitrogen and oxygen atoms in total. The van der Waals surface area contributed by atoms with Crippen LogP contribution in [0.1, 0.15) is 76.4 Å². The molecule has 3 aromatic rings. The average molecular weight is 516 g/mol. The van der Waals surface area contributed by atoms with E-state index in [0.29, 0.717) is 35.7 Å². The van der Waals surface area contributed by atoms with Crippen molar-refractivity contribution >= 4 is 11.6 Å². The van der Waals surface area contributed by atoms with E-state index < -0.39 is 0 Å². The molecule has 1 N–H and O–H groups in total. The van der Waals surface area contributed by atoms with Crippen LogP contribution in [-0.4, -0.2) is 62.3 Å². The van der Waals surface area contributed by atoms with Crippen molar-refractivity contribution in [3.63, 3.8) is 0 Å². The first-order chi connectivity index (χ1) is 18.2. The zero-order valence-electron chi connectivity index (χ0n) is 23.5. The number of carbonyl (C=O) groups is 1. The lowest BCUT2D eigenvalue weighted by atomic mass is 10.1. The van der Waals surface area contributed by atoms with Gasteiger partial charge in [-0.2, -0.15) is 0 Å². The number of hydrogen-bond acceptors (Lipinski definition) is 4. The normalized spacial score (nSPS) is 15.8. The molecule has 0 aliphatic carbocycles. The lowest BCUT2D eigenvalue weighted by Crippen LogP contribution is -2.34. The molecule has 38 heavy (non-hydrogen) atoms. The summed E-state index contributed by atoms with van der Waals surface area (Å²) in [4.78, 5) is 37.3. The van der Waals surface area contributed by atoms with Crippen LogP contribution >= 0.6 is 0 Å². The van der Waals surface area contributed by atoms with Gasteiger partial charge in [-0.15, -0.1) is 0 Å². The Bertz CT molecular complexity index is 1340. The highest BCUT2D eigenvalue weighted by atomic mass is 16.2. The van der Waals surface area contributed by atoms with Crippen LogP contribution in [0.25, 0.3) is 16.9 Å². The number of carbonyl (C=O) groups excluding carboxylic acids is 1. The Balaban J connectivity index is 1.72. The molecule has 1 saturated heterocycles. The number of fused-ring (bicyclic) bond motifs is 1. The number of aromatic amines is 1. The zero-order chi connectivity index (χ0) is 27.2. The van der Waals surface area contributed by atoms with E-state index in [9.17, 15) is 9.59 Å². The van der Waals surface area contributed by atoms with Gasteiger partial charge in [0.05, 0.1) is 12.1 Å². The molecule has 1 fully saturated rings. The quantitative estimate of drug-likeness (QED) is 0.404. The van der Waals surface area contributed by atoms with Gasteiger partial charge < -0.3 is 9.88 Å². The fourth-order valence-corrected chi connectivity index (χ4v) is 4.83. The molecular weight excluding hydrogens is 474 g/mol. The summed E-state index contributed by atoms with van der Waals surface area (Å²) < 4.78 is 1.93. The highest BCUT2D eigenvalue weighted by Crippen LogP contribution is 2.24. The number of imidazole rings is 1. The van der Waals surface area contributed by atoms with Crippen molar-refractivity contribution in [3.8, 4) is 23.1 Å². The Labute approximate surface area is 226 Å². The Hall–Kier alpha value is -3.37.